The van der Waals surface area contributed by atoms with Crippen LogP contribution in [0.4, 0.5) is 0 Å². The first kappa shape index (κ1) is 11.0. The van der Waals surface area contributed by atoms with Gasteiger partial charge in [-0.25, -0.2) is 0 Å². The molecule has 0 aromatic carbocycles. The predicted molar refractivity (Wildman–Crippen MR) is 55.7 cm³/mol. The van der Waals surface area contributed by atoms with Gasteiger partial charge in [0.1, 0.15) is 0 Å². The van der Waals surface area contributed by atoms with Crippen LogP contribution in [0.3, 0.4) is 0 Å². The summed E-state index contributed by atoms with van der Waals surface area (Å²) in [5.74, 6) is 0.498. The monoisotopic (exact) mass is 185 g/mol. The highest BCUT2D eigenvalue weighted by Gasteiger charge is 2.38. The Labute approximate surface area is 81.9 Å². The number of fused-ring (bicyclic) bond motifs is 1. The highest BCUT2D eigenvalue weighted by Crippen LogP contribution is 2.30. The molecule has 78 valence electrons. The van der Waals surface area contributed by atoms with Crippen LogP contribution < -0.4 is 0 Å². The van der Waals surface area contributed by atoms with Gasteiger partial charge < -0.3 is 5.11 Å². The molecule has 3 atom stereocenters. The molecule has 0 saturated carbocycles. The molecule has 0 aromatic rings. The summed E-state index contributed by atoms with van der Waals surface area (Å²) in [7, 11) is 0. The van der Waals surface area contributed by atoms with Crippen LogP contribution in [-0.4, -0.2) is 35.2 Å². The minimum absolute atomic E-state index is 0.0460. The third kappa shape index (κ3) is 2.23. The van der Waals surface area contributed by atoms with Crippen LogP contribution in [0.5, 0.6) is 0 Å². The maximum atomic E-state index is 9.75. The first-order chi connectivity index (χ1) is 6.29. The number of piperidine rings is 1. The number of rotatable bonds is 0. The predicted octanol–water partition coefficient (Wildman–Crippen LogP) is 1.88. The largest absolute Gasteiger partial charge is 0.391 e. The summed E-state index contributed by atoms with van der Waals surface area (Å²) in [5.41, 5.74) is 0. The Morgan fingerprint density at radius 2 is 1.92 bits per heavy atom. The molecule has 0 spiro atoms. The lowest BCUT2D eigenvalue weighted by atomic mass is 9.98. The van der Waals surface area contributed by atoms with Crippen LogP contribution in [0.1, 0.15) is 40.0 Å². The quantitative estimate of drug-likeness (QED) is 0.623. The molecule has 0 radical (unpaired) electrons. The molecule has 0 aliphatic carbocycles. The molecule has 2 nitrogen and oxygen atoms in total. The molecule has 1 N–H and O–H groups in total. The van der Waals surface area contributed by atoms with Crippen molar-refractivity contribution in [3.63, 3.8) is 0 Å². The zero-order valence-corrected chi connectivity index (χ0v) is 9.16. The van der Waals surface area contributed by atoms with Crippen molar-refractivity contribution < 1.29 is 5.11 Å². The lowest BCUT2D eigenvalue weighted by Crippen LogP contribution is -2.38. The number of hydrogen-bond acceptors (Lipinski definition) is 2. The molecule has 2 aliphatic heterocycles. The maximum Gasteiger partial charge on any atom is 0.0733 e. The molecule has 2 aliphatic rings. The van der Waals surface area contributed by atoms with Gasteiger partial charge in [-0.1, -0.05) is 27.2 Å². The third-order valence-electron chi connectivity index (χ3n) is 3.16. The molecule has 13 heavy (non-hydrogen) atoms. The van der Waals surface area contributed by atoms with E-state index in [4.69, 9.17) is 0 Å². The van der Waals surface area contributed by atoms with Crippen molar-refractivity contribution in [2.45, 2.75) is 52.2 Å². The van der Waals surface area contributed by atoms with Crippen molar-refractivity contribution in [2.75, 3.05) is 13.1 Å². The highest BCUT2D eigenvalue weighted by atomic mass is 16.3. The van der Waals surface area contributed by atoms with E-state index in [0.717, 1.165) is 6.54 Å². The van der Waals surface area contributed by atoms with Crippen LogP contribution in [0.2, 0.25) is 0 Å². The summed E-state index contributed by atoms with van der Waals surface area (Å²) in [5, 5.41) is 9.75. The zero-order chi connectivity index (χ0) is 9.84. The minimum Gasteiger partial charge on any atom is -0.391 e. The molecule has 1 unspecified atom stereocenters. The van der Waals surface area contributed by atoms with Crippen molar-refractivity contribution in [1.29, 1.82) is 0 Å². The van der Waals surface area contributed by atoms with E-state index in [1.165, 1.54) is 25.8 Å². The topological polar surface area (TPSA) is 23.5 Å². The van der Waals surface area contributed by atoms with Gasteiger partial charge in [0.15, 0.2) is 0 Å². The number of hydrogen-bond donors (Lipinski definition) is 1. The molecule has 2 saturated heterocycles. The van der Waals surface area contributed by atoms with Crippen LogP contribution >= 0.6 is 0 Å². The molecular weight excluding hydrogens is 162 g/mol. The van der Waals surface area contributed by atoms with Gasteiger partial charge in [-0.15, -0.1) is 0 Å². The van der Waals surface area contributed by atoms with Crippen LogP contribution in [0.25, 0.3) is 0 Å². The fraction of sp³-hybridized carbons (Fsp3) is 1.00. The second-order valence-corrected chi connectivity index (χ2v) is 4.03. The summed E-state index contributed by atoms with van der Waals surface area (Å²) in [4.78, 5) is 2.46. The molecular formula is C11H23NO. The fourth-order valence-electron chi connectivity index (χ4n) is 2.49. The van der Waals surface area contributed by atoms with Crippen molar-refractivity contribution in [3.8, 4) is 0 Å². The van der Waals surface area contributed by atoms with Gasteiger partial charge in [0.2, 0.25) is 0 Å². The Kier molecular flexibility index (Phi) is 4.20. The summed E-state index contributed by atoms with van der Waals surface area (Å²) < 4.78 is 0. The van der Waals surface area contributed by atoms with E-state index >= 15 is 0 Å². The first-order valence-corrected chi connectivity index (χ1v) is 5.71. The Balaban J connectivity index is 0.000000396. The summed E-state index contributed by atoms with van der Waals surface area (Å²) in [6, 6.07) is 0.499. The van der Waals surface area contributed by atoms with E-state index in [0.29, 0.717) is 12.0 Å². The molecule has 2 fully saturated rings. The van der Waals surface area contributed by atoms with E-state index in [1.807, 2.05) is 13.8 Å². The van der Waals surface area contributed by atoms with Gasteiger partial charge in [-0.05, 0) is 25.3 Å². The van der Waals surface area contributed by atoms with Crippen molar-refractivity contribution in [2.24, 2.45) is 5.92 Å². The first-order valence-electron chi connectivity index (χ1n) is 5.71. The number of aliphatic hydroxyl groups is 1. The van der Waals surface area contributed by atoms with E-state index in [-0.39, 0.29) is 6.10 Å². The lowest BCUT2D eigenvalue weighted by molar-refractivity contribution is 0.0791. The van der Waals surface area contributed by atoms with E-state index in [9.17, 15) is 5.11 Å². The van der Waals surface area contributed by atoms with Crippen molar-refractivity contribution >= 4 is 0 Å². The van der Waals surface area contributed by atoms with Gasteiger partial charge in [0, 0.05) is 12.6 Å². The van der Waals surface area contributed by atoms with Crippen molar-refractivity contribution in [1.82, 2.24) is 4.90 Å². The molecule has 0 bridgehead atoms. The lowest BCUT2D eigenvalue weighted by Gasteiger charge is -2.30. The Hall–Kier alpha value is -0.0800. The average Bonchev–Trinajstić information content (AvgIpc) is 2.47. The van der Waals surface area contributed by atoms with Gasteiger partial charge in [0.25, 0.3) is 0 Å². The van der Waals surface area contributed by atoms with Gasteiger partial charge in [-0.2, -0.15) is 0 Å². The number of nitrogens with zero attached hydrogens (tertiary/aromatic N) is 1. The molecule has 2 heteroatoms. The summed E-state index contributed by atoms with van der Waals surface area (Å²) in [6.45, 7) is 8.49. The molecule has 2 rings (SSSR count). The Bertz CT molecular complexity index is 149. The van der Waals surface area contributed by atoms with Crippen LogP contribution in [0.15, 0.2) is 0 Å². The molecule has 0 aromatic heterocycles. The molecule has 2 heterocycles. The smallest absolute Gasteiger partial charge is 0.0733 e. The molecule has 0 amide bonds. The fourth-order valence-corrected chi connectivity index (χ4v) is 2.49. The Morgan fingerprint density at radius 1 is 1.23 bits per heavy atom. The summed E-state index contributed by atoms with van der Waals surface area (Å²) >= 11 is 0. The van der Waals surface area contributed by atoms with E-state index in [1.54, 1.807) is 0 Å². The second-order valence-electron chi connectivity index (χ2n) is 4.03. The number of aliphatic hydroxyl groups excluding tert-OH is 1. The normalized spacial score (nSPS) is 39.2. The van der Waals surface area contributed by atoms with E-state index < -0.39 is 0 Å². The van der Waals surface area contributed by atoms with Crippen molar-refractivity contribution in [3.05, 3.63) is 0 Å². The highest BCUT2D eigenvalue weighted by molar-refractivity contribution is 4.93. The van der Waals surface area contributed by atoms with Gasteiger partial charge in [0.05, 0.1) is 6.10 Å². The van der Waals surface area contributed by atoms with Crippen LogP contribution in [-0.2, 0) is 0 Å². The average molecular weight is 185 g/mol. The van der Waals surface area contributed by atoms with Gasteiger partial charge in [-0.3, -0.25) is 4.90 Å². The second kappa shape index (κ2) is 4.97. The van der Waals surface area contributed by atoms with E-state index in [2.05, 4.69) is 11.8 Å². The third-order valence-corrected chi connectivity index (χ3v) is 3.16. The van der Waals surface area contributed by atoms with Crippen LogP contribution in [0, 0.1) is 5.92 Å². The minimum atomic E-state index is -0.0460. The Morgan fingerprint density at radius 3 is 2.54 bits per heavy atom. The zero-order valence-electron chi connectivity index (χ0n) is 9.16. The standard InChI is InChI=1S/C9H17NO.C2H6/c1-7-6-10-5-3-2-4-8(10)9(7)11;1-2/h7-9,11H,2-6H2,1H3;1-2H3/t7-,8?,9-;/m1./s1. The van der Waals surface area contributed by atoms with Gasteiger partial charge >= 0.3 is 0 Å². The summed E-state index contributed by atoms with van der Waals surface area (Å²) in [6.07, 6.45) is 3.81. The maximum absolute atomic E-state index is 9.75. The SMILES string of the molecule is CC.C[C@@H]1CN2CCCCC2[C@@H]1O.